The molecule has 2 atom stereocenters. The fraction of sp³-hybridized carbons (Fsp3) is 0.238. The maximum absolute atomic E-state index is 9.68. The number of aromatic nitrogens is 2. The Hall–Kier alpha value is -2.86. The van der Waals surface area contributed by atoms with Crippen molar-refractivity contribution in [3.63, 3.8) is 0 Å². The summed E-state index contributed by atoms with van der Waals surface area (Å²) in [6.07, 6.45) is 1.81. The molecule has 0 aliphatic carbocycles. The quantitative estimate of drug-likeness (QED) is 0.677. The summed E-state index contributed by atoms with van der Waals surface area (Å²) in [7, 11) is 2.08. The van der Waals surface area contributed by atoms with Crippen LogP contribution in [0.1, 0.15) is 34.7 Å². The summed E-state index contributed by atoms with van der Waals surface area (Å²) in [4.78, 5) is 6.70. The van der Waals surface area contributed by atoms with Crippen molar-refractivity contribution in [1.29, 1.82) is 0 Å². The van der Waals surface area contributed by atoms with Gasteiger partial charge in [0, 0.05) is 30.3 Å². The van der Waals surface area contributed by atoms with E-state index >= 15 is 0 Å². The number of aromatic hydroxyl groups is 1. The van der Waals surface area contributed by atoms with Crippen LogP contribution in [0.15, 0.2) is 54.7 Å². The minimum absolute atomic E-state index is 0.0307. The van der Waals surface area contributed by atoms with Gasteiger partial charge < -0.3 is 19.9 Å². The highest BCUT2D eigenvalue weighted by atomic mass is 32.1. The SMILES string of the molecule is Cc1cc([C@H]2[C@@H](c3ccccn3)NC(=S)N2c2ccc(O)cc2)c(C)n1C. The molecule has 0 spiro atoms. The van der Waals surface area contributed by atoms with Crippen molar-refractivity contribution in [1.82, 2.24) is 14.9 Å². The molecule has 0 saturated carbocycles. The second kappa shape index (κ2) is 6.70. The van der Waals surface area contributed by atoms with Crippen LogP contribution in [0, 0.1) is 13.8 Å². The molecule has 1 aromatic carbocycles. The third-order valence-electron chi connectivity index (χ3n) is 5.36. The number of rotatable bonds is 3. The molecule has 1 saturated heterocycles. The van der Waals surface area contributed by atoms with Gasteiger partial charge in [0.2, 0.25) is 0 Å². The van der Waals surface area contributed by atoms with E-state index in [1.807, 2.05) is 36.5 Å². The molecule has 0 bridgehead atoms. The summed E-state index contributed by atoms with van der Waals surface area (Å²) in [6, 6.07) is 15.2. The predicted molar refractivity (Wildman–Crippen MR) is 111 cm³/mol. The van der Waals surface area contributed by atoms with Crippen LogP contribution >= 0.6 is 12.2 Å². The van der Waals surface area contributed by atoms with Gasteiger partial charge in [-0.25, -0.2) is 0 Å². The minimum atomic E-state index is -0.0620. The van der Waals surface area contributed by atoms with Gasteiger partial charge in [-0.3, -0.25) is 4.98 Å². The lowest BCUT2D eigenvalue weighted by molar-refractivity contribution is 0.475. The Kier molecular flexibility index (Phi) is 4.36. The van der Waals surface area contributed by atoms with E-state index in [1.165, 1.54) is 17.0 Å². The van der Waals surface area contributed by atoms with Crippen molar-refractivity contribution >= 4 is 23.0 Å². The van der Waals surface area contributed by atoms with E-state index in [-0.39, 0.29) is 17.8 Å². The number of nitrogens with zero attached hydrogens (tertiary/aromatic N) is 3. The average molecular weight is 379 g/mol. The van der Waals surface area contributed by atoms with E-state index in [1.54, 1.807) is 12.1 Å². The Balaban J connectivity index is 1.87. The van der Waals surface area contributed by atoms with Crippen molar-refractivity contribution in [2.45, 2.75) is 25.9 Å². The number of phenols is 1. The maximum atomic E-state index is 9.68. The van der Waals surface area contributed by atoms with Crippen molar-refractivity contribution in [3.05, 3.63) is 77.4 Å². The monoisotopic (exact) mass is 378 g/mol. The topological polar surface area (TPSA) is 53.3 Å². The lowest BCUT2D eigenvalue weighted by Gasteiger charge is -2.28. The van der Waals surface area contributed by atoms with Gasteiger partial charge in [-0.15, -0.1) is 0 Å². The zero-order valence-electron chi connectivity index (χ0n) is 15.5. The Morgan fingerprint density at radius 3 is 2.44 bits per heavy atom. The van der Waals surface area contributed by atoms with Crippen molar-refractivity contribution in [3.8, 4) is 5.75 Å². The van der Waals surface area contributed by atoms with E-state index in [2.05, 4.69) is 46.7 Å². The van der Waals surface area contributed by atoms with Gasteiger partial charge in [0.25, 0.3) is 0 Å². The first-order valence-electron chi connectivity index (χ1n) is 8.90. The number of nitrogens with one attached hydrogen (secondary N) is 1. The van der Waals surface area contributed by atoms with Crippen molar-refractivity contribution < 1.29 is 5.11 Å². The highest BCUT2D eigenvalue weighted by molar-refractivity contribution is 7.80. The molecule has 27 heavy (non-hydrogen) atoms. The van der Waals surface area contributed by atoms with E-state index in [4.69, 9.17) is 12.2 Å². The van der Waals surface area contributed by atoms with Crippen LogP contribution < -0.4 is 10.2 Å². The molecule has 138 valence electrons. The van der Waals surface area contributed by atoms with Crippen LogP contribution in [0.5, 0.6) is 5.75 Å². The van der Waals surface area contributed by atoms with Gasteiger partial charge in [-0.05, 0) is 74.1 Å². The molecule has 1 aliphatic heterocycles. The van der Waals surface area contributed by atoms with Crippen molar-refractivity contribution in [2.75, 3.05) is 4.90 Å². The third kappa shape index (κ3) is 2.96. The molecule has 4 rings (SSSR count). The van der Waals surface area contributed by atoms with Gasteiger partial charge in [-0.1, -0.05) is 6.07 Å². The Labute approximate surface area is 164 Å². The second-order valence-corrected chi connectivity index (χ2v) is 7.29. The van der Waals surface area contributed by atoms with Gasteiger partial charge in [0.05, 0.1) is 17.8 Å². The number of aryl methyl sites for hydroxylation is 1. The molecule has 0 unspecified atom stereocenters. The minimum Gasteiger partial charge on any atom is -0.508 e. The number of thiocarbonyl (C=S) groups is 1. The van der Waals surface area contributed by atoms with Gasteiger partial charge >= 0.3 is 0 Å². The standard InChI is InChI=1S/C21H22N4OS/c1-13-12-17(14(2)24(13)3)20-19(18-6-4-5-11-22-18)23-21(27)25(20)15-7-9-16(26)10-8-15/h4-12,19-20,26H,1-3H3,(H,23,27)/t19-,20+/m1/s1. The summed E-state index contributed by atoms with van der Waals surface area (Å²) in [6.45, 7) is 4.24. The third-order valence-corrected chi connectivity index (χ3v) is 5.67. The smallest absolute Gasteiger partial charge is 0.174 e. The van der Waals surface area contributed by atoms with Crippen LogP contribution in [0.25, 0.3) is 0 Å². The summed E-state index contributed by atoms with van der Waals surface area (Å²) in [5.74, 6) is 0.237. The summed E-state index contributed by atoms with van der Waals surface area (Å²) in [5, 5.41) is 13.8. The molecule has 6 heteroatoms. The fourth-order valence-corrected chi connectivity index (χ4v) is 4.09. The Morgan fingerprint density at radius 1 is 1.11 bits per heavy atom. The van der Waals surface area contributed by atoms with E-state index < -0.39 is 0 Å². The molecule has 3 heterocycles. The van der Waals surface area contributed by atoms with Gasteiger partial charge in [-0.2, -0.15) is 0 Å². The van der Waals surface area contributed by atoms with Crippen LogP contribution in [0.2, 0.25) is 0 Å². The predicted octanol–water partition coefficient (Wildman–Crippen LogP) is 3.92. The summed E-state index contributed by atoms with van der Waals surface area (Å²) < 4.78 is 2.20. The number of anilines is 1. The molecule has 1 aliphatic rings. The Bertz CT molecular complexity index is 981. The van der Waals surface area contributed by atoms with Gasteiger partial charge in [0.1, 0.15) is 5.75 Å². The number of phenolic OH excluding ortho intramolecular Hbond substituents is 1. The normalized spacial score (nSPS) is 19.4. The second-order valence-electron chi connectivity index (χ2n) is 6.90. The molecule has 2 N–H and O–H groups in total. The molecule has 3 aromatic rings. The number of pyridine rings is 1. The molecular formula is C21H22N4OS. The van der Waals surface area contributed by atoms with Crippen LogP contribution in [-0.2, 0) is 7.05 Å². The first kappa shape index (κ1) is 17.5. The molecule has 0 amide bonds. The molecule has 1 fully saturated rings. The number of benzene rings is 1. The number of hydrogen-bond acceptors (Lipinski definition) is 3. The largest absolute Gasteiger partial charge is 0.508 e. The van der Waals surface area contributed by atoms with E-state index in [0.29, 0.717) is 5.11 Å². The molecule has 0 radical (unpaired) electrons. The van der Waals surface area contributed by atoms with Crippen LogP contribution in [0.3, 0.4) is 0 Å². The Morgan fingerprint density at radius 2 is 1.85 bits per heavy atom. The van der Waals surface area contributed by atoms with Crippen LogP contribution in [-0.4, -0.2) is 19.8 Å². The highest BCUT2D eigenvalue weighted by Gasteiger charge is 2.42. The molecule has 2 aromatic heterocycles. The van der Waals surface area contributed by atoms with Crippen LogP contribution in [0.4, 0.5) is 5.69 Å². The fourth-order valence-electron chi connectivity index (χ4n) is 3.75. The molecular weight excluding hydrogens is 356 g/mol. The number of hydrogen-bond donors (Lipinski definition) is 2. The van der Waals surface area contributed by atoms with Gasteiger partial charge in [0.15, 0.2) is 5.11 Å². The lowest BCUT2D eigenvalue weighted by Crippen LogP contribution is -2.29. The van der Waals surface area contributed by atoms with E-state index in [9.17, 15) is 5.11 Å². The zero-order chi connectivity index (χ0) is 19.1. The first-order valence-corrected chi connectivity index (χ1v) is 9.30. The maximum Gasteiger partial charge on any atom is 0.174 e. The first-order chi connectivity index (χ1) is 13.0. The highest BCUT2D eigenvalue weighted by Crippen LogP contribution is 2.43. The zero-order valence-corrected chi connectivity index (χ0v) is 16.4. The lowest BCUT2D eigenvalue weighted by atomic mass is 9.96. The van der Waals surface area contributed by atoms with Crippen molar-refractivity contribution in [2.24, 2.45) is 7.05 Å². The summed E-state index contributed by atoms with van der Waals surface area (Å²) >= 11 is 5.71. The summed E-state index contributed by atoms with van der Waals surface area (Å²) in [5.41, 5.74) is 5.51. The molecule has 5 nitrogen and oxygen atoms in total. The van der Waals surface area contributed by atoms with E-state index in [0.717, 1.165) is 11.4 Å². The average Bonchev–Trinajstić information content (AvgIpc) is 3.14.